The van der Waals surface area contributed by atoms with Gasteiger partial charge in [0.1, 0.15) is 5.15 Å². The molecule has 0 spiro atoms. The summed E-state index contributed by atoms with van der Waals surface area (Å²) in [6.07, 6.45) is 1.47. The lowest BCUT2D eigenvalue weighted by Crippen LogP contribution is -2.18. The number of carbonyl (C=O) groups is 1. The molecule has 8 heteroatoms. The average Bonchev–Trinajstić information content (AvgIpc) is 2.90. The molecule has 1 amide bonds. The van der Waals surface area contributed by atoms with Crippen molar-refractivity contribution in [3.05, 3.63) is 80.0 Å². The van der Waals surface area contributed by atoms with Crippen molar-refractivity contribution >= 4 is 51.3 Å². The summed E-state index contributed by atoms with van der Waals surface area (Å²) in [5.41, 5.74) is 5.00. The number of benzene rings is 2. The first-order chi connectivity index (χ1) is 12.5. The van der Waals surface area contributed by atoms with Gasteiger partial charge in [0.15, 0.2) is 0 Å². The SMILES string of the molecule is Cc1nn(-c2cccc(Cl)c2)c(Cl)c1C=NNC(=O)c1ccccc1Br. The Morgan fingerprint density at radius 1 is 1.23 bits per heavy atom. The van der Waals surface area contributed by atoms with E-state index in [2.05, 4.69) is 31.6 Å². The predicted molar refractivity (Wildman–Crippen MR) is 108 cm³/mol. The van der Waals surface area contributed by atoms with Crippen LogP contribution in [0.2, 0.25) is 10.2 Å². The zero-order valence-electron chi connectivity index (χ0n) is 13.6. The minimum Gasteiger partial charge on any atom is -0.267 e. The number of nitrogens with zero attached hydrogens (tertiary/aromatic N) is 3. The third-order valence-electron chi connectivity index (χ3n) is 3.58. The molecule has 0 radical (unpaired) electrons. The number of hydrogen-bond acceptors (Lipinski definition) is 3. The molecule has 0 bridgehead atoms. The summed E-state index contributed by atoms with van der Waals surface area (Å²) in [6.45, 7) is 1.81. The lowest BCUT2D eigenvalue weighted by atomic mass is 10.2. The second-order valence-corrected chi connectivity index (χ2v) is 7.01. The summed E-state index contributed by atoms with van der Waals surface area (Å²) < 4.78 is 2.26. The molecule has 0 aliphatic heterocycles. The van der Waals surface area contributed by atoms with Crippen LogP contribution in [0.3, 0.4) is 0 Å². The molecule has 2 aromatic carbocycles. The molecule has 0 saturated carbocycles. The van der Waals surface area contributed by atoms with Gasteiger partial charge in [0.05, 0.1) is 28.7 Å². The molecule has 0 saturated heterocycles. The number of halogens is 3. The van der Waals surface area contributed by atoms with Crippen molar-refractivity contribution in [2.75, 3.05) is 0 Å². The summed E-state index contributed by atoms with van der Waals surface area (Å²) in [5, 5.41) is 9.37. The Labute approximate surface area is 168 Å². The zero-order chi connectivity index (χ0) is 18.7. The summed E-state index contributed by atoms with van der Waals surface area (Å²) in [4.78, 5) is 12.2. The smallest absolute Gasteiger partial charge is 0.267 e. The fourth-order valence-electron chi connectivity index (χ4n) is 2.30. The number of rotatable bonds is 4. The molecule has 3 aromatic rings. The monoisotopic (exact) mass is 450 g/mol. The van der Waals surface area contributed by atoms with Gasteiger partial charge in [-0.25, -0.2) is 10.1 Å². The summed E-state index contributed by atoms with van der Waals surface area (Å²) in [7, 11) is 0. The standard InChI is InChI=1S/C18H13BrCl2N4O/c1-11-15(10-22-23-18(26)14-7-2-3-8-16(14)19)17(21)25(24-11)13-6-4-5-12(20)9-13/h2-10H,1H3,(H,23,26). The fourth-order valence-corrected chi connectivity index (χ4v) is 3.27. The highest BCUT2D eigenvalue weighted by atomic mass is 79.9. The van der Waals surface area contributed by atoms with E-state index in [1.54, 1.807) is 35.0 Å². The predicted octanol–water partition coefficient (Wildman–Crippen LogP) is 5.01. The molecule has 0 fully saturated rings. The Hall–Kier alpha value is -2.15. The number of nitrogens with one attached hydrogen (secondary N) is 1. The molecule has 1 aromatic heterocycles. The van der Waals surface area contributed by atoms with Crippen LogP contribution in [0, 0.1) is 6.92 Å². The third kappa shape index (κ3) is 3.98. The van der Waals surface area contributed by atoms with Crippen molar-refractivity contribution < 1.29 is 4.79 Å². The number of amides is 1. The van der Waals surface area contributed by atoms with E-state index in [9.17, 15) is 4.79 Å². The second kappa shape index (κ2) is 8.03. The molecule has 132 valence electrons. The number of hydrogen-bond donors (Lipinski definition) is 1. The van der Waals surface area contributed by atoms with Gasteiger partial charge < -0.3 is 0 Å². The quantitative estimate of drug-likeness (QED) is 0.447. The van der Waals surface area contributed by atoms with E-state index in [0.29, 0.717) is 31.5 Å². The largest absolute Gasteiger partial charge is 0.272 e. The molecular weight excluding hydrogens is 439 g/mol. The van der Waals surface area contributed by atoms with Gasteiger partial charge in [0, 0.05) is 9.50 Å². The van der Waals surface area contributed by atoms with Crippen LogP contribution in [-0.4, -0.2) is 21.9 Å². The first-order valence-corrected chi connectivity index (χ1v) is 9.11. The van der Waals surface area contributed by atoms with Crippen LogP contribution in [0.1, 0.15) is 21.6 Å². The maximum atomic E-state index is 12.2. The van der Waals surface area contributed by atoms with Crippen molar-refractivity contribution in [2.45, 2.75) is 6.92 Å². The topological polar surface area (TPSA) is 59.3 Å². The van der Waals surface area contributed by atoms with Gasteiger partial charge in [0.2, 0.25) is 0 Å². The van der Waals surface area contributed by atoms with Crippen LogP contribution in [0.5, 0.6) is 0 Å². The van der Waals surface area contributed by atoms with E-state index in [0.717, 1.165) is 5.69 Å². The maximum Gasteiger partial charge on any atom is 0.272 e. The summed E-state index contributed by atoms with van der Waals surface area (Å²) in [6, 6.07) is 14.3. The molecule has 1 N–H and O–H groups in total. The van der Waals surface area contributed by atoms with Crippen LogP contribution in [0.4, 0.5) is 0 Å². The van der Waals surface area contributed by atoms with Crippen molar-refractivity contribution in [2.24, 2.45) is 5.10 Å². The Morgan fingerprint density at radius 2 is 2.00 bits per heavy atom. The molecule has 0 aliphatic rings. The fraction of sp³-hybridized carbons (Fsp3) is 0.0556. The van der Waals surface area contributed by atoms with E-state index in [4.69, 9.17) is 23.2 Å². The van der Waals surface area contributed by atoms with E-state index in [1.807, 2.05) is 25.1 Å². The Bertz CT molecular complexity index is 1000. The van der Waals surface area contributed by atoms with Gasteiger partial charge in [-0.3, -0.25) is 4.79 Å². The summed E-state index contributed by atoms with van der Waals surface area (Å²) >= 11 is 15.8. The van der Waals surface area contributed by atoms with Crippen LogP contribution in [0.15, 0.2) is 58.1 Å². The first kappa shape index (κ1) is 18.6. The van der Waals surface area contributed by atoms with E-state index in [1.165, 1.54) is 6.21 Å². The Balaban J connectivity index is 1.81. The normalized spacial score (nSPS) is 11.1. The minimum absolute atomic E-state index is 0.329. The highest BCUT2D eigenvalue weighted by Crippen LogP contribution is 2.23. The van der Waals surface area contributed by atoms with E-state index in [-0.39, 0.29) is 5.91 Å². The number of hydrazone groups is 1. The minimum atomic E-state index is -0.329. The van der Waals surface area contributed by atoms with Crippen molar-refractivity contribution in [3.8, 4) is 5.69 Å². The Kier molecular flexibility index (Phi) is 5.76. The molecule has 26 heavy (non-hydrogen) atoms. The van der Waals surface area contributed by atoms with Crippen LogP contribution >= 0.6 is 39.1 Å². The summed E-state index contributed by atoms with van der Waals surface area (Å²) in [5.74, 6) is -0.329. The lowest BCUT2D eigenvalue weighted by Gasteiger charge is -2.03. The maximum absolute atomic E-state index is 12.2. The molecular formula is C18H13BrCl2N4O. The van der Waals surface area contributed by atoms with Crippen molar-refractivity contribution in [1.82, 2.24) is 15.2 Å². The molecule has 5 nitrogen and oxygen atoms in total. The van der Waals surface area contributed by atoms with Gasteiger partial charge >= 0.3 is 0 Å². The highest BCUT2D eigenvalue weighted by Gasteiger charge is 2.14. The average molecular weight is 452 g/mol. The molecule has 0 unspecified atom stereocenters. The number of aryl methyl sites for hydroxylation is 1. The second-order valence-electron chi connectivity index (χ2n) is 5.36. The molecule has 0 aliphatic carbocycles. The van der Waals surface area contributed by atoms with Crippen LogP contribution in [0.25, 0.3) is 5.69 Å². The molecule has 3 rings (SSSR count). The first-order valence-electron chi connectivity index (χ1n) is 7.56. The van der Waals surface area contributed by atoms with E-state index >= 15 is 0 Å². The van der Waals surface area contributed by atoms with Crippen LogP contribution < -0.4 is 5.43 Å². The number of carbonyl (C=O) groups excluding carboxylic acids is 1. The van der Waals surface area contributed by atoms with Crippen molar-refractivity contribution in [3.63, 3.8) is 0 Å². The van der Waals surface area contributed by atoms with Gasteiger partial charge in [-0.15, -0.1) is 0 Å². The van der Waals surface area contributed by atoms with Gasteiger partial charge in [-0.05, 0) is 53.2 Å². The number of aromatic nitrogens is 2. The van der Waals surface area contributed by atoms with Gasteiger partial charge in [0.25, 0.3) is 5.91 Å². The van der Waals surface area contributed by atoms with Crippen molar-refractivity contribution in [1.29, 1.82) is 0 Å². The zero-order valence-corrected chi connectivity index (χ0v) is 16.7. The third-order valence-corrected chi connectivity index (χ3v) is 4.87. The van der Waals surface area contributed by atoms with Gasteiger partial charge in [-0.1, -0.05) is 41.4 Å². The molecule has 0 atom stereocenters. The van der Waals surface area contributed by atoms with E-state index < -0.39 is 0 Å². The van der Waals surface area contributed by atoms with Gasteiger partial charge in [-0.2, -0.15) is 10.2 Å². The Morgan fingerprint density at radius 3 is 2.73 bits per heavy atom. The molecule has 1 heterocycles. The highest BCUT2D eigenvalue weighted by molar-refractivity contribution is 9.10. The van der Waals surface area contributed by atoms with Crippen LogP contribution in [-0.2, 0) is 0 Å². The lowest BCUT2D eigenvalue weighted by molar-refractivity contribution is 0.0954.